The number of allylic oxidation sites excluding steroid dienone is 2. The second kappa shape index (κ2) is 12.9. The van der Waals surface area contributed by atoms with E-state index in [9.17, 15) is 19.5 Å². The Labute approximate surface area is 220 Å². The molecular weight excluding hydrogens is 484 g/mol. The zero-order chi connectivity index (χ0) is 26.7. The van der Waals surface area contributed by atoms with Gasteiger partial charge in [0.2, 0.25) is 18.6 Å². The normalized spacial score (nSPS) is 13.8. The lowest BCUT2D eigenvalue weighted by Gasteiger charge is -2.21. The predicted octanol–water partition coefficient (Wildman–Crippen LogP) is 3.52. The van der Waals surface area contributed by atoms with Gasteiger partial charge in [-0.3, -0.25) is 9.59 Å². The van der Waals surface area contributed by atoms with Gasteiger partial charge in [0, 0.05) is 18.9 Å². The first-order chi connectivity index (χ1) is 18.5. The van der Waals surface area contributed by atoms with E-state index in [4.69, 9.17) is 9.47 Å². The van der Waals surface area contributed by atoms with Crippen molar-refractivity contribution in [2.24, 2.45) is 0 Å². The molecule has 0 saturated carbocycles. The fourth-order valence-corrected chi connectivity index (χ4v) is 3.93. The zero-order valence-electron chi connectivity index (χ0n) is 20.6. The molecule has 0 aliphatic carbocycles. The number of hydrogen-bond acceptors (Lipinski definition) is 5. The van der Waals surface area contributed by atoms with E-state index in [-0.39, 0.29) is 19.6 Å². The van der Waals surface area contributed by atoms with Crippen molar-refractivity contribution in [1.29, 1.82) is 0 Å². The maximum Gasteiger partial charge on any atom is 0.326 e. The molecule has 0 bridgehead atoms. The Morgan fingerprint density at radius 1 is 0.789 bits per heavy atom. The monoisotopic (exact) mass is 512 g/mol. The minimum Gasteiger partial charge on any atom is -0.480 e. The Kier molecular flexibility index (Phi) is 8.91. The molecular formula is C30H28N2O6. The number of benzene rings is 3. The second-order valence-electron chi connectivity index (χ2n) is 8.67. The molecule has 4 rings (SSSR count). The minimum absolute atomic E-state index is 0.123. The maximum atomic E-state index is 13.1. The van der Waals surface area contributed by atoms with Gasteiger partial charge in [-0.15, -0.1) is 0 Å². The van der Waals surface area contributed by atoms with Gasteiger partial charge in [0.1, 0.15) is 12.1 Å². The number of carboxylic acids is 1. The molecule has 0 unspecified atom stereocenters. The van der Waals surface area contributed by atoms with E-state index in [0.717, 1.165) is 16.7 Å². The minimum atomic E-state index is -1.15. The summed E-state index contributed by atoms with van der Waals surface area (Å²) in [6.07, 6.45) is 6.71. The zero-order valence-corrected chi connectivity index (χ0v) is 20.6. The summed E-state index contributed by atoms with van der Waals surface area (Å²) in [7, 11) is 0. The van der Waals surface area contributed by atoms with Crippen LogP contribution in [-0.4, -0.2) is 41.8 Å². The van der Waals surface area contributed by atoms with Crippen molar-refractivity contribution in [3.63, 3.8) is 0 Å². The molecule has 3 aromatic carbocycles. The topological polar surface area (TPSA) is 114 Å². The number of fused-ring (bicyclic) bond motifs is 1. The molecule has 2 amide bonds. The number of hydrogen-bond donors (Lipinski definition) is 3. The Hall–Kier alpha value is -4.85. The van der Waals surface area contributed by atoms with Crippen LogP contribution < -0.4 is 20.1 Å². The molecule has 1 aliphatic heterocycles. The summed E-state index contributed by atoms with van der Waals surface area (Å²) in [5.74, 6) is -0.856. The highest BCUT2D eigenvalue weighted by Crippen LogP contribution is 2.32. The number of aliphatic carboxylic acids is 1. The van der Waals surface area contributed by atoms with Crippen LogP contribution >= 0.6 is 0 Å². The Morgan fingerprint density at radius 3 is 2.08 bits per heavy atom. The van der Waals surface area contributed by atoms with Crippen LogP contribution in [0.25, 0.3) is 6.08 Å². The van der Waals surface area contributed by atoms with Gasteiger partial charge in [-0.2, -0.15) is 0 Å². The summed E-state index contributed by atoms with van der Waals surface area (Å²) < 4.78 is 10.7. The van der Waals surface area contributed by atoms with Crippen molar-refractivity contribution in [3.05, 3.63) is 114 Å². The Bertz CT molecular complexity index is 1320. The number of nitrogens with one attached hydrogen (secondary N) is 2. The first-order valence-electron chi connectivity index (χ1n) is 12.1. The summed E-state index contributed by atoms with van der Waals surface area (Å²) in [5, 5.41) is 15.0. The molecule has 0 spiro atoms. The summed E-state index contributed by atoms with van der Waals surface area (Å²) >= 11 is 0. The van der Waals surface area contributed by atoms with E-state index in [2.05, 4.69) is 10.6 Å². The van der Waals surface area contributed by atoms with Crippen molar-refractivity contribution in [1.82, 2.24) is 10.6 Å². The number of amides is 2. The summed E-state index contributed by atoms with van der Waals surface area (Å²) in [5.41, 5.74) is 2.48. The van der Waals surface area contributed by atoms with Crippen LogP contribution in [0.2, 0.25) is 0 Å². The molecule has 0 aromatic heterocycles. The van der Waals surface area contributed by atoms with E-state index < -0.39 is 29.9 Å². The summed E-state index contributed by atoms with van der Waals surface area (Å²) in [6.45, 7) is 0.194. The first kappa shape index (κ1) is 26.2. The lowest BCUT2D eigenvalue weighted by Crippen LogP contribution is -2.52. The maximum absolute atomic E-state index is 13.1. The van der Waals surface area contributed by atoms with Gasteiger partial charge >= 0.3 is 5.97 Å². The highest BCUT2D eigenvalue weighted by atomic mass is 16.7. The van der Waals surface area contributed by atoms with Gasteiger partial charge in [-0.1, -0.05) is 85.0 Å². The van der Waals surface area contributed by atoms with Crippen LogP contribution in [0.5, 0.6) is 11.5 Å². The lowest BCUT2D eigenvalue weighted by molar-refractivity contribution is -0.142. The first-order valence-corrected chi connectivity index (χ1v) is 12.1. The average molecular weight is 513 g/mol. The highest BCUT2D eigenvalue weighted by Gasteiger charge is 2.26. The van der Waals surface area contributed by atoms with Crippen LogP contribution in [0.1, 0.15) is 16.7 Å². The third kappa shape index (κ3) is 7.57. The lowest BCUT2D eigenvalue weighted by atomic mass is 10.0. The van der Waals surface area contributed by atoms with E-state index in [1.807, 2.05) is 66.7 Å². The quantitative estimate of drug-likeness (QED) is 0.268. The molecule has 2 atom stereocenters. The van der Waals surface area contributed by atoms with E-state index in [0.29, 0.717) is 11.5 Å². The molecule has 0 fully saturated rings. The second-order valence-corrected chi connectivity index (χ2v) is 8.67. The van der Waals surface area contributed by atoms with Crippen LogP contribution in [0.15, 0.2) is 97.1 Å². The molecule has 8 nitrogen and oxygen atoms in total. The molecule has 1 heterocycles. The van der Waals surface area contributed by atoms with Crippen LogP contribution in [0.4, 0.5) is 0 Å². The van der Waals surface area contributed by atoms with Crippen molar-refractivity contribution >= 4 is 23.9 Å². The summed E-state index contributed by atoms with van der Waals surface area (Å²) in [4.78, 5) is 37.7. The van der Waals surface area contributed by atoms with Crippen molar-refractivity contribution in [3.8, 4) is 11.5 Å². The average Bonchev–Trinajstić information content (AvgIpc) is 3.39. The van der Waals surface area contributed by atoms with E-state index >= 15 is 0 Å². The number of ether oxygens (including phenoxy) is 2. The molecule has 0 radical (unpaired) electrons. The van der Waals surface area contributed by atoms with E-state index in [1.165, 1.54) is 6.08 Å². The van der Waals surface area contributed by atoms with Crippen molar-refractivity contribution < 1.29 is 29.0 Å². The molecule has 8 heteroatoms. The predicted molar refractivity (Wildman–Crippen MR) is 143 cm³/mol. The van der Waals surface area contributed by atoms with E-state index in [1.54, 1.807) is 30.4 Å². The largest absolute Gasteiger partial charge is 0.480 e. The molecule has 0 saturated heterocycles. The SMILES string of the molecule is O=C(/C=C/C=C/c1ccc2c(c1)OCO2)N[C@@H](Cc1ccccc1)C(=O)N[C@@H](Cc1ccccc1)C(=O)O. The standard InChI is InChI=1S/C30H28N2O6/c33-28(14-8-7-13-23-15-16-26-27(19-23)38-20-37-26)31-24(17-21-9-3-1-4-10-21)29(34)32-25(30(35)36)18-22-11-5-2-6-12-22/h1-16,19,24-25H,17-18,20H2,(H,31,33)(H,32,34)(H,35,36)/b13-7+,14-8+/t24-,25-/m0/s1. The van der Waals surface area contributed by atoms with Gasteiger partial charge < -0.3 is 25.2 Å². The Balaban J connectivity index is 1.41. The van der Waals surface area contributed by atoms with Gasteiger partial charge in [-0.05, 0) is 28.8 Å². The fourth-order valence-electron chi connectivity index (χ4n) is 3.93. The molecule has 1 aliphatic rings. The van der Waals surface area contributed by atoms with Crippen LogP contribution in [0, 0.1) is 0 Å². The smallest absolute Gasteiger partial charge is 0.326 e. The van der Waals surface area contributed by atoms with Gasteiger partial charge in [-0.25, -0.2) is 4.79 Å². The fraction of sp³-hybridized carbons (Fsp3) is 0.167. The van der Waals surface area contributed by atoms with Gasteiger partial charge in [0.15, 0.2) is 11.5 Å². The number of carbonyl (C=O) groups excluding carboxylic acids is 2. The van der Waals surface area contributed by atoms with Crippen molar-refractivity contribution in [2.75, 3.05) is 6.79 Å². The summed E-state index contributed by atoms with van der Waals surface area (Å²) in [6, 6.07) is 21.7. The number of carbonyl (C=O) groups is 3. The number of rotatable bonds is 11. The van der Waals surface area contributed by atoms with Gasteiger partial charge in [0.05, 0.1) is 0 Å². The third-order valence-corrected chi connectivity index (χ3v) is 5.86. The van der Waals surface area contributed by atoms with Gasteiger partial charge in [0.25, 0.3) is 0 Å². The van der Waals surface area contributed by atoms with Crippen molar-refractivity contribution in [2.45, 2.75) is 24.9 Å². The van der Waals surface area contributed by atoms with Crippen LogP contribution in [0.3, 0.4) is 0 Å². The third-order valence-electron chi connectivity index (χ3n) is 5.86. The van der Waals surface area contributed by atoms with Crippen LogP contribution in [-0.2, 0) is 27.2 Å². The Morgan fingerprint density at radius 2 is 1.42 bits per heavy atom. The number of carboxylic acid groups (broad SMARTS) is 1. The highest BCUT2D eigenvalue weighted by molar-refractivity contribution is 5.94. The molecule has 3 aromatic rings. The molecule has 194 valence electrons. The molecule has 38 heavy (non-hydrogen) atoms. The molecule has 3 N–H and O–H groups in total.